The van der Waals surface area contributed by atoms with Crippen LogP contribution >= 0.6 is 0 Å². The number of rotatable bonds is 5. The molecule has 5 nitrogen and oxygen atoms in total. The Bertz CT molecular complexity index is 478. The zero-order valence-corrected chi connectivity index (χ0v) is 11.9. The smallest absolute Gasteiger partial charge is 0.408 e. The average molecular weight is 277 g/mol. The number of hydrogen-bond acceptors (Lipinski definition) is 4. The zero-order valence-electron chi connectivity index (χ0n) is 11.9. The highest BCUT2D eigenvalue weighted by molar-refractivity contribution is 5.83. The number of carbonyl (C=O) groups excluding carboxylic acids is 2. The fraction of sp³-hybridized carbons (Fsp3) is 0.333. The molecule has 1 amide bonds. The maximum atomic E-state index is 11.7. The van der Waals surface area contributed by atoms with Crippen molar-refractivity contribution < 1.29 is 19.1 Å². The van der Waals surface area contributed by atoms with Crippen LogP contribution in [0.1, 0.15) is 19.4 Å². The predicted octanol–water partition coefficient (Wildman–Crippen LogP) is 2.42. The molecule has 1 atom stereocenters. The van der Waals surface area contributed by atoms with Crippen molar-refractivity contribution in [2.45, 2.75) is 26.5 Å². The van der Waals surface area contributed by atoms with E-state index >= 15 is 0 Å². The molecule has 0 aliphatic carbocycles. The predicted molar refractivity (Wildman–Crippen MR) is 75.0 cm³/mol. The van der Waals surface area contributed by atoms with Gasteiger partial charge in [-0.3, -0.25) is 0 Å². The van der Waals surface area contributed by atoms with Crippen molar-refractivity contribution in [1.82, 2.24) is 5.32 Å². The first kappa shape index (κ1) is 15.8. The number of carbonyl (C=O) groups is 2. The molecule has 1 rings (SSSR count). The van der Waals surface area contributed by atoms with E-state index in [1.165, 1.54) is 7.11 Å². The fourth-order valence-corrected chi connectivity index (χ4v) is 1.52. The van der Waals surface area contributed by atoms with Gasteiger partial charge in [0.05, 0.1) is 7.11 Å². The van der Waals surface area contributed by atoms with E-state index < -0.39 is 18.1 Å². The monoisotopic (exact) mass is 277 g/mol. The molecule has 0 fully saturated rings. The minimum absolute atomic E-state index is 0.148. The fourth-order valence-electron chi connectivity index (χ4n) is 1.52. The van der Waals surface area contributed by atoms with E-state index in [-0.39, 0.29) is 6.61 Å². The number of amides is 1. The third-order valence-electron chi connectivity index (χ3n) is 2.44. The Balaban J connectivity index is 2.54. The first-order valence-corrected chi connectivity index (χ1v) is 6.23. The largest absolute Gasteiger partial charge is 0.467 e. The van der Waals surface area contributed by atoms with E-state index in [0.717, 1.165) is 11.1 Å². The van der Waals surface area contributed by atoms with Gasteiger partial charge in [-0.1, -0.05) is 42.0 Å². The van der Waals surface area contributed by atoms with Gasteiger partial charge < -0.3 is 14.8 Å². The van der Waals surface area contributed by atoms with E-state index in [9.17, 15) is 9.59 Å². The zero-order chi connectivity index (χ0) is 15.0. The van der Waals surface area contributed by atoms with Gasteiger partial charge in [-0.05, 0) is 19.4 Å². The lowest BCUT2D eigenvalue weighted by atomic mass is 10.2. The number of hydrogen-bond donors (Lipinski definition) is 1. The molecule has 0 heterocycles. The molecular formula is C15H19NO4. The molecule has 0 spiro atoms. The molecule has 0 saturated carbocycles. The van der Waals surface area contributed by atoms with Crippen molar-refractivity contribution in [3.05, 3.63) is 47.5 Å². The quantitative estimate of drug-likeness (QED) is 0.663. The van der Waals surface area contributed by atoms with E-state index in [1.807, 2.05) is 44.2 Å². The summed E-state index contributed by atoms with van der Waals surface area (Å²) >= 11 is 0. The van der Waals surface area contributed by atoms with Crippen LogP contribution in [0.25, 0.3) is 0 Å². The van der Waals surface area contributed by atoms with Gasteiger partial charge in [-0.25, -0.2) is 9.59 Å². The van der Waals surface area contributed by atoms with E-state index in [1.54, 1.807) is 6.08 Å². The second-order valence-corrected chi connectivity index (χ2v) is 4.45. The Morgan fingerprint density at radius 3 is 2.45 bits per heavy atom. The summed E-state index contributed by atoms with van der Waals surface area (Å²) in [6.45, 7) is 3.80. The van der Waals surface area contributed by atoms with Crippen LogP contribution < -0.4 is 5.32 Å². The number of esters is 1. The van der Waals surface area contributed by atoms with Gasteiger partial charge in [0.15, 0.2) is 0 Å². The average Bonchev–Trinajstić information content (AvgIpc) is 2.44. The highest BCUT2D eigenvalue weighted by Crippen LogP contribution is 2.02. The number of nitrogens with one attached hydrogen (secondary N) is 1. The van der Waals surface area contributed by atoms with Crippen molar-refractivity contribution in [2.75, 3.05) is 7.11 Å². The molecule has 1 aromatic carbocycles. The van der Waals surface area contributed by atoms with Crippen LogP contribution in [0.15, 0.2) is 42.0 Å². The molecular weight excluding hydrogens is 258 g/mol. The van der Waals surface area contributed by atoms with Crippen molar-refractivity contribution in [3.8, 4) is 0 Å². The van der Waals surface area contributed by atoms with Crippen molar-refractivity contribution in [3.63, 3.8) is 0 Å². The number of alkyl carbamates (subject to hydrolysis) is 1. The van der Waals surface area contributed by atoms with Crippen LogP contribution in [0.4, 0.5) is 4.79 Å². The summed E-state index contributed by atoms with van der Waals surface area (Å²) in [4.78, 5) is 23.2. The number of ether oxygens (including phenoxy) is 2. The SMILES string of the molecule is COC(=O)C(C=C(C)C)NC(=O)OCc1ccccc1. The Labute approximate surface area is 118 Å². The maximum Gasteiger partial charge on any atom is 0.408 e. The van der Waals surface area contributed by atoms with Gasteiger partial charge in [-0.2, -0.15) is 0 Å². The second kappa shape index (κ2) is 7.99. The third-order valence-corrected chi connectivity index (χ3v) is 2.44. The topological polar surface area (TPSA) is 64.6 Å². The lowest BCUT2D eigenvalue weighted by Crippen LogP contribution is -2.40. The molecule has 108 valence electrons. The Morgan fingerprint density at radius 1 is 1.25 bits per heavy atom. The van der Waals surface area contributed by atoms with Gasteiger partial charge in [0, 0.05) is 0 Å². The summed E-state index contributed by atoms with van der Waals surface area (Å²) in [7, 11) is 1.27. The summed E-state index contributed by atoms with van der Waals surface area (Å²) in [5.74, 6) is -0.539. The van der Waals surface area contributed by atoms with Gasteiger partial charge >= 0.3 is 12.1 Å². The Hall–Kier alpha value is -2.30. The van der Waals surface area contributed by atoms with Gasteiger partial charge in [0.1, 0.15) is 12.6 Å². The normalized spacial score (nSPS) is 11.2. The third kappa shape index (κ3) is 5.56. The molecule has 20 heavy (non-hydrogen) atoms. The lowest BCUT2D eigenvalue weighted by molar-refractivity contribution is -0.141. The van der Waals surface area contributed by atoms with Crippen LogP contribution in [-0.4, -0.2) is 25.2 Å². The van der Waals surface area contributed by atoms with E-state index in [2.05, 4.69) is 10.1 Å². The summed E-state index contributed by atoms with van der Waals surface area (Å²) < 4.78 is 9.67. The summed E-state index contributed by atoms with van der Waals surface area (Å²) in [5, 5.41) is 2.46. The van der Waals surface area contributed by atoms with Gasteiger partial charge in [0.25, 0.3) is 0 Å². The highest BCUT2D eigenvalue weighted by Gasteiger charge is 2.19. The van der Waals surface area contributed by atoms with Crippen LogP contribution in [0, 0.1) is 0 Å². The van der Waals surface area contributed by atoms with Gasteiger partial charge in [-0.15, -0.1) is 0 Å². The van der Waals surface area contributed by atoms with Crippen LogP contribution in [0.3, 0.4) is 0 Å². The summed E-state index contributed by atoms with van der Waals surface area (Å²) in [6.07, 6.45) is 0.942. The minimum atomic E-state index is -0.840. The van der Waals surface area contributed by atoms with Crippen LogP contribution in [0.2, 0.25) is 0 Å². The van der Waals surface area contributed by atoms with E-state index in [0.29, 0.717) is 0 Å². The van der Waals surface area contributed by atoms with Crippen LogP contribution in [-0.2, 0) is 20.9 Å². The first-order chi connectivity index (χ1) is 9.52. The molecule has 0 radical (unpaired) electrons. The number of benzene rings is 1. The Morgan fingerprint density at radius 2 is 1.90 bits per heavy atom. The molecule has 0 saturated heterocycles. The molecule has 0 aromatic heterocycles. The molecule has 0 bridgehead atoms. The van der Waals surface area contributed by atoms with Crippen molar-refractivity contribution >= 4 is 12.1 Å². The molecule has 0 aliphatic heterocycles. The minimum Gasteiger partial charge on any atom is -0.467 e. The second-order valence-electron chi connectivity index (χ2n) is 4.45. The van der Waals surface area contributed by atoms with Crippen molar-refractivity contribution in [1.29, 1.82) is 0 Å². The maximum absolute atomic E-state index is 11.7. The van der Waals surface area contributed by atoms with Crippen molar-refractivity contribution in [2.24, 2.45) is 0 Å². The van der Waals surface area contributed by atoms with E-state index in [4.69, 9.17) is 4.74 Å². The number of allylic oxidation sites excluding steroid dienone is 1. The number of methoxy groups -OCH3 is 1. The molecule has 1 aromatic rings. The van der Waals surface area contributed by atoms with Crippen LogP contribution in [0.5, 0.6) is 0 Å². The molecule has 1 unspecified atom stereocenters. The summed E-state index contributed by atoms with van der Waals surface area (Å²) in [6, 6.07) is 8.45. The molecule has 1 N–H and O–H groups in total. The first-order valence-electron chi connectivity index (χ1n) is 6.23. The Kier molecular flexibility index (Phi) is 6.29. The molecule has 5 heteroatoms. The van der Waals surface area contributed by atoms with Gasteiger partial charge in [0.2, 0.25) is 0 Å². The highest BCUT2D eigenvalue weighted by atomic mass is 16.6. The lowest BCUT2D eigenvalue weighted by Gasteiger charge is -2.13. The summed E-state index contributed by atoms with van der Waals surface area (Å²) in [5.41, 5.74) is 1.77. The standard InChI is InChI=1S/C15H19NO4/c1-11(2)9-13(14(17)19-3)16-15(18)20-10-12-7-5-4-6-8-12/h4-9,13H,10H2,1-3H3,(H,16,18). The molecule has 0 aliphatic rings.